The van der Waals surface area contributed by atoms with E-state index in [2.05, 4.69) is 10.6 Å². The minimum atomic E-state index is -4.01. The zero-order chi connectivity index (χ0) is 19.5. The number of anilines is 2. The van der Waals surface area contributed by atoms with Crippen LogP contribution in [0.15, 0.2) is 47.4 Å². The van der Waals surface area contributed by atoms with Crippen molar-refractivity contribution in [2.24, 2.45) is 0 Å². The van der Waals surface area contributed by atoms with E-state index in [1.165, 1.54) is 44.4 Å². The second-order valence-electron chi connectivity index (χ2n) is 5.32. The van der Waals surface area contributed by atoms with Crippen molar-refractivity contribution >= 4 is 33.1 Å². The van der Waals surface area contributed by atoms with Gasteiger partial charge in [0.05, 0.1) is 4.92 Å². The Hall–Kier alpha value is -3.05. The maximum atomic E-state index is 13.8. The number of benzene rings is 2. The van der Waals surface area contributed by atoms with E-state index in [9.17, 15) is 27.7 Å². The third kappa shape index (κ3) is 4.32. The number of nitro groups is 1. The summed E-state index contributed by atoms with van der Waals surface area (Å²) in [6.07, 6.45) is 0. The van der Waals surface area contributed by atoms with Gasteiger partial charge < -0.3 is 10.6 Å². The molecule has 0 unspecified atom stereocenters. The zero-order valence-electron chi connectivity index (χ0n) is 13.8. The Morgan fingerprint density at radius 2 is 1.62 bits per heavy atom. The highest BCUT2D eigenvalue weighted by Gasteiger charge is 2.22. The Morgan fingerprint density at radius 1 is 1.08 bits per heavy atom. The number of sulfonamides is 1. The molecule has 0 aromatic heterocycles. The highest BCUT2D eigenvalue weighted by molar-refractivity contribution is 7.89. The monoisotopic (exact) mass is 382 g/mol. The summed E-state index contributed by atoms with van der Waals surface area (Å²) in [6, 6.07) is 7.52. The Labute approximate surface area is 148 Å². The Balaban J connectivity index is 2.15. The van der Waals surface area contributed by atoms with Crippen LogP contribution in [0.5, 0.6) is 0 Å². The molecule has 0 bridgehead atoms. The molecular weight excluding hydrogens is 367 g/mol. The van der Waals surface area contributed by atoms with Crippen LogP contribution in [0.4, 0.5) is 26.2 Å². The Bertz CT molecular complexity index is 945. The van der Waals surface area contributed by atoms with Gasteiger partial charge in [-0.2, -0.15) is 0 Å². The topological polar surface area (TPSA) is 122 Å². The van der Waals surface area contributed by atoms with E-state index in [0.29, 0.717) is 0 Å². The minimum absolute atomic E-state index is 0.0613. The first-order valence-electron chi connectivity index (χ1n) is 7.16. The SMILES string of the molecule is CN(C)S(=O)(=O)c1cc(NC(=O)Nc2ccc([N+](=O)[O-])cc2)ccc1F. The molecule has 2 aromatic rings. The second-order valence-corrected chi connectivity index (χ2v) is 7.44. The predicted molar refractivity (Wildman–Crippen MR) is 93.0 cm³/mol. The van der Waals surface area contributed by atoms with Crippen molar-refractivity contribution in [3.05, 3.63) is 58.4 Å². The lowest BCUT2D eigenvalue weighted by molar-refractivity contribution is -0.384. The normalized spacial score (nSPS) is 11.2. The van der Waals surface area contributed by atoms with E-state index in [0.717, 1.165) is 16.4 Å². The molecule has 0 aliphatic carbocycles. The van der Waals surface area contributed by atoms with E-state index in [-0.39, 0.29) is 17.1 Å². The molecule has 0 heterocycles. The maximum absolute atomic E-state index is 13.8. The van der Waals surface area contributed by atoms with Crippen LogP contribution in [0.25, 0.3) is 0 Å². The van der Waals surface area contributed by atoms with Crippen LogP contribution in [0, 0.1) is 15.9 Å². The molecular formula is C15H15FN4O5S. The summed E-state index contributed by atoms with van der Waals surface area (Å²) >= 11 is 0. The number of hydrogen-bond acceptors (Lipinski definition) is 5. The van der Waals surface area contributed by atoms with Crippen LogP contribution >= 0.6 is 0 Å². The number of hydrogen-bond donors (Lipinski definition) is 2. The van der Waals surface area contributed by atoms with Crippen LogP contribution in [0.1, 0.15) is 0 Å². The lowest BCUT2D eigenvalue weighted by Gasteiger charge is -2.14. The molecule has 138 valence electrons. The number of nitrogens with one attached hydrogen (secondary N) is 2. The van der Waals surface area contributed by atoms with E-state index >= 15 is 0 Å². The number of rotatable bonds is 5. The number of halogens is 1. The lowest BCUT2D eigenvalue weighted by Crippen LogP contribution is -2.24. The highest BCUT2D eigenvalue weighted by atomic mass is 32.2. The van der Waals surface area contributed by atoms with Crippen molar-refractivity contribution in [2.45, 2.75) is 4.90 Å². The van der Waals surface area contributed by atoms with Crippen LogP contribution < -0.4 is 10.6 Å². The van der Waals surface area contributed by atoms with Gasteiger partial charge in [0.15, 0.2) is 0 Å². The van der Waals surface area contributed by atoms with Crippen molar-refractivity contribution in [3.63, 3.8) is 0 Å². The van der Waals surface area contributed by atoms with E-state index < -0.39 is 31.7 Å². The fourth-order valence-electron chi connectivity index (χ4n) is 1.94. The van der Waals surface area contributed by atoms with Gasteiger partial charge in [-0.25, -0.2) is 21.9 Å². The van der Waals surface area contributed by atoms with Crippen molar-refractivity contribution in [2.75, 3.05) is 24.7 Å². The quantitative estimate of drug-likeness (QED) is 0.608. The standard InChI is InChI=1S/C15H15FN4O5S/c1-19(2)26(24,25)14-9-11(5-8-13(14)16)18-15(21)17-10-3-6-12(7-4-10)20(22)23/h3-9H,1-2H3,(H2,17,18,21). The van der Waals surface area contributed by atoms with E-state index in [1.807, 2.05) is 0 Å². The molecule has 0 saturated heterocycles. The first kappa shape index (κ1) is 19.3. The summed E-state index contributed by atoms with van der Waals surface area (Å²) < 4.78 is 38.8. The molecule has 11 heteroatoms. The molecule has 2 rings (SSSR count). The van der Waals surface area contributed by atoms with Gasteiger partial charge in [0, 0.05) is 37.6 Å². The molecule has 0 fully saturated rings. The van der Waals surface area contributed by atoms with Gasteiger partial charge >= 0.3 is 6.03 Å². The van der Waals surface area contributed by atoms with Crippen molar-refractivity contribution in [3.8, 4) is 0 Å². The number of amides is 2. The first-order chi connectivity index (χ1) is 12.1. The van der Waals surface area contributed by atoms with Crippen molar-refractivity contribution in [1.29, 1.82) is 0 Å². The third-order valence-electron chi connectivity index (χ3n) is 3.28. The van der Waals surface area contributed by atoms with Gasteiger partial charge in [-0.1, -0.05) is 0 Å². The summed E-state index contributed by atoms with van der Waals surface area (Å²) in [7, 11) is -1.49. The van der Waals surface area contributed by atoms with Gasteiger partial charge in [-0.05, 0) is 30.3 Å². The van der Waals surface area contributed by atoms with Gasteiger partial charge in [-0.15, -0.1) is 0 Å². The highest BCUT2D eigenvalue weighted by Crippen LogP contribution is 2.22. The Kier molecular flexibility index (Phi) is 5.53. The summed E-state index contributed by atoms with van der Waals surface area (Å²) in [5, 5.41) is 15.4. The smallest absolute Gasteiger partial charge is 0.308 e. The molecule has 0 radical (unpaired) electrons. The number of carbonyl (C=O) groups excluding carboxylic acids is 1. The maximum Gasteiger partial charge on any atom is 0.323 e. The van der Waals surface area contributed by atoms with Gasteiger partial charge in [0.1, 0.15) is 10.7 Å². The van der Waals surface area contributed by atoms with Gasteiger partial charge in [0.2, 0.25) is 10.0 Å². The second kappa shape index (κ2) is 7.45. The van der Waals surface area contributed by atoms with Crippen molar-refractivity contribution < 1.29 is 22.5 Å². The molecule has 0 atom stereocenters. The summed E-state index contributed by atoms with van der Waals surface area (Å²) in [6.45, 7) is 0. The predicted octanol–water partition coefficient (Wildman–Crippen LogP) is 2.63. The van der Waals surface area contributed by atoms with Crippen LogP contribution in [-0.2, 0) is 10.0 Å². The fourth-order valence-corrected chi connectivity index (χ4v) is 2.92. The van der Waals surface area contributed by atoms with E-state index in [4.69, 9.17) is 0 Å². The number of nitrogens with zero attached hydrogens (tertiary/aromatic N) is 2. The molecule has 0 saturated carbocycles. The molecule has 2 aromatic carbocycles. The van der Waals surface area contributed by atoms with Gasteiger partial charge in [-0.3, -0.25) is 10.1 Å². The van der Waals surface area contributed by atoms with Gasteiger partial charge in [0.25, 0.3) is 5.69 Å². The molecule has 0 aliphatic heterocycles. The third-order valence-corrected chi connectivity index (χ3v) is 5.11. The number of nitro benzene ring substituents is 1. The fraction of sp³-hybridized carbons (Fsp3) is 0.133. The van der Waals surface area contributed by atoms with Crippen LogP contribution in [-0.4, -0.2) is 37.8 Å². The van der Waals surface area contributed by atoms with E-state index in [1.54, 1.807) is 0 Å². The largest absolute Gasteiger partial charge is 0.323 e. The molecule has 2 amide bonds. The summed E-state index contributed by atoms with van der Waals surface area (Å²) in [5.41, 5.74) is 0.218. The molecule has 0 aliphatic rings. The number of non-ortho nitro benzene ring substituents is 1. The van der Waals surface area contributed by atoms with Crippen LogP contribution in [0.3, 0.4) is 0 Å². The summed E-state index contributed by atoms with van der Waals surface area (Å²) in [4.78, 5) is 21.4. The average Bonchev–Trinajstić information content (AvgIpc) is 2.56. The summed E-state index contributed by atoms with van der Waals surface area (Å²) in [5.74, 6) is -0.944. The van der Waals surface area contributed by atoms with Crippen molar-refractivity contribution in [1.82, 2.24) is 4.31 Å². The molecule has 0 spiro atoms. The number of carbonyl (C=O) groups is 1. The number of urea groups is 1. The Morgan fingerprint density at radius 3 is 2.15 bits per heavy atom. The zero-order valence-corrected chi connectivity index (χ0v) is 14.6. The molecule has 26 heavy (non-hydrogen) atoms. The minimum Gasteiger partial charge on any atom is -0.308 e. The lowest BCUT2D eigenvalue weighted by atomic mass is 10.3. The molecule has 2 N–H and O–H groups in total. The first-order valence-corrected chi connectivity index (χ1v) is 8.60. The van der Waals surface area contributed by atoms with Crippen LogP contribution in [0.2, 0.25) is 0 Å². The molecule has 9 nitrogen and oxygen atoms in total. The average molecular weight is 382 g/mol.